The minimum atomic E-state index is -0.503. The van der Waals surface area contributed by atoms with Crippen LogP contribution in [0.25, 0.3) is 0 Å². The highest BCUT2D eigenvalue weighted by Gasteiger charge is 2.23. The number of aryl methyl sites for hydroxylation is 1. The number of amides is 2. The Morgan fingerprint density at radius 1 is 1.37 bits per heavy atom. The fourth-order valence-corrected chi connectivity index (χ4v) is 3.98. The van der Waals surface area contributed by atoms with Crippen LogP contribution in [0.3, 0.4) is 0 Å². The van der Waals surface area contributed by atoms with E-state index in [1.54, 1.807) is 13.0 Å². The number of carbonyl (C=O) groups is 2. The van der Waals surface area contributed by atoms with Crippen molar-refractivity contribution in [2.75, 3.05) is 30.3 Å². The first kappa shape index (κ1) is 19.6. The SMILES string of the molecule is CCOC(=O)Nc1nc2c(s1)CN(CC(=O)Nc1ccc(C)c(Cl)c1)CC2. The fourth-order valence-electron chi connectivity index (χ4n) is 2.77. The van der Waals surface area contributed by atoms with Crippen LogP contribution in [0.1, 0.15) is 23.1 Å². The number of benzene rings is 1. The van der Waals surface area contributed by atoms with Gasteiger partial charge in [-0.05, 0) is 31.5 Å². The van der Waals surface area contributed by atoms with Crippen molar-refractivity contribution in [3.8, 4) is 0 Å². The number of carbonyl (C=O) groups excluding carboxylic acids is 2. The molecule has 0 bridgehead atoms. The second-order valence-corrected chi connectivity index (χ2v) is 7.70. The van der Waals surface area contributed by atoms with Gasteiger partial charge in [0.25, 0.3) is 0 Å². The topological polar surface area (TPSA) is 83.6 Å². The average Bonchev–Trinajstić information content (AvgIpc) is 2.99. The van der Waals surface area contributed by atoms with E-state index in [1.165, 1.54) is 11.3 Å². The van der Waals surface area contributed by atoms with Gasteiger partial charge in [-0.2, -0.15) is 0 Å². The molecule has 1 aromatic heterocycles. The van der Waals surface area contributed by atoms with Gasteiger partial charge in [-0.3, -0.25) is 15.0 Å². The van der Waals surface area contributed by atoms with Gasteiger partial charge in [-0.1, -0.05) is 29.0 Å². The largest absolute Gasteiger partial charge is 0.450 e. The zero-order valence-corrected chi connectivity index (χ0v) is 16.7. The summed E-state index contributed by atoms with van der Waals surface area (Å²) in [7, 11) is 0. The highest BCUT2D eigenvalue weighted by molar-refractivity contribution is 7.15. The third kappa shape index (κ3) is 5.18. The number of anilines is 2. The monoisotopic (exact) mass is 408 g/mol. The minimum absolute atomic E-state index is 0.0900. The van der Waals surface area contributed by atoms with Gasteiger partial charge in [0.1, 0.15) is 0 Å². The number of hydrogen-bond acceptors (Lipinski definition) is 6. The van der Waals surface area contributed by atoms with E-state index in [1.807, 2.05) is 19.1 Å². The molecule has 2 amide bonds. The Morgan fingerprint density at radius 3 is 2.93 bits per heavy atom. The lowest BCUT2D eigenvalue weighted by atomic mass is 10.2. The third-order valence-electron chi connectivity index (χ3n) is 4.12. The second-order valence-electron chi connectivity index (χ2n) is 6.21. The number of ether oxygens (including phenoxy) is 1. The molecule has 0 radical (unpaired) electrons. The van der Waals surface area contributed by atoms with Crippen molar-refractivity contribution in [2.24, 2.45) is 0 Å². The van der Waals surface area contributed by atoms with Crippen molar-refractivity contribution in [3.05, 3.63) is 39.4 Å². The van der Waals surface area contributed by atoms with E-state index < -0.39 is 6.09 Å². The lowest BCUT2D eigenvalue weighted by molar-refractivity contribution is -0.117. The molecule has 0 saturated carbocycles. The molecule has 1 aromatic carbocycles. The average molecular weight is 409 g/mol. The van der Waals surface area contributed by atoms with E-state index >= 15 is 0 Å². The van der Waals surface area contributed by atoms with Gasteiger partial charge in [-0.25, -0.2) is 9.78 Å². The van der Waals surface area contributed by atoms with E-state index in [4.69, 9.17) is 16.3 Å². The zero-order chi connectivity index (χ0) is 19.4. The van der Waals surface area contributed by atoms with Crippen LogP contribution in [0.4, 0.5) is 15.6 Å². The van der Waals surface area contributed by atoms with Gasteiger partial charge >= 0.3 is 6.09 Å². The number of fused-ring (bicyclic) bond motifs is 1. The molecule has 27 heavy (non-hydrogen) atoms. The lowest BCUT2D eigenvalue weighted by Crippen LogP contribution is -2.36. The van der Waals surface area contributed by atoms with E-state index in [0.717, 1.165) is 29.1 Å². The van der Waals surface area contributed by atoms with Crippen LogP contribution in [-0.2, 0) is 22.5 Å². The summed E-state index contributed by atoms with van der Waals surface area (Å²) in [6.45, 7) is 5.62. The van der Waals surface area contributed by atoms with Crippen LogP contribution >= 0.6 is 22.9 Å². The molecule has 3 rings (SSSR count). The highest BCUT2D eigenvalue weighted by Crippen LogP contribution is 2.28. The Kier molecular flexibility index (Phi) is 6.30. The Labute approximate surface area is 166 Å². The molecule has 1 aliphatic heterocycles. The van der Waals surface area contributed by atoms with Gasteiger partial charge in [-0.15, -0.1) is 0 Å². The molecule has 2 heterocycles. The molecule has 0 atom stereocenters. The number of thiazole rings is 1. The van der Waals surface area contributed by atoms with Crippen molar-refractivity contribution >= 4 is 45.8 Å². The molecule has 2 aromatic rings. The molecule has 144 valence electrons. The predicted molar refractivity (Wildman–Crippen MR) is 107 cm³/mol. The molecule has 2 N–H and O–H groups in total. The molecule has 1 aliphatic rings. The summed E-state index contributed by atoms with van der Waals surface area (Å²) in [5.41, 5.74) is 2.62. The van der Waals surface area contributed by atoms with Gasteiger partial charge < -0.3 is 10.1 Å². The molecule has 0 saturated heterocycles. The summed E-state index contributed by atoms with van der Waals surface area (Å²) in [6, 6.07) is 5.46. The second kappa shape index (κ2) is 8.69. The number of nitrogens with zero attached hydrogens (tertiary/aromatic N) is 2. The summed E-state index contributed by atoms with van der Waals surface area (Å²) in [5.74, 6) is -0.0900. The van der Waals surface area contributed by atoms with Crippen LogP contribution in [0.2, 0.25) is 5.02 Å². The maximum atomic E-state index is 12.3. The van der Waals surface area contributed by atoms with Gasteiger partial charge in [0, 0.05) is 35.1 Å². The molecule has 0 unspecified atom stereocenters. The molecular formula is C18H21ClN4O3S. The van der Waals surface area contributed by atoms with E-state index in [-0.39, 0.29) is 12.5 Å². The Bertz CT molecular complexity index is 855. The molecule has 7 nitrogen and oxygen atoms in total. The van der Waals surface area contributed by atoms with E-state index in [2.05, 4.69) is 20.5 Å². The van der Waals surface area contributed by atoms with E-state index in [9.17, 15) is 9.59 Å². The lowest BCUT2D eigenvalue weighted by Gasteiger charge is -2.25. The minimum Gasteiger partial charge on any atom is -0.450 e. The van der Waals surface area contributed by atoms with E-state index in [0.29, 0.717) is 29.0 Å². The molecule has 0 fully saturated rings. The summed E-state index contributed by atoms with van der Waals surface area (Å²) in [6.07, 6.45) is 0.233. The number of rotatable bonds is 5. The quantitative estimate of drug-likeness (QED) is 0.788. The summed E-state index contributed by atoms with van der Waals surface area (Å²) >= 11 is 7.51. The van der Waals surface area contributed by atoms with Gasteiger partial charge in [0.05, 0.1) is 18.8 Å². The highest BCUT2D eigenvalue weighted by atomic mass is 35.5. The van der Waals surface area contributed by atoms with Crippen LogP contribution in [0.15, 0.2) is 18.2 Å². The maximum Gasteiger partial charge on any atom is 0.413 e. The van der Waals surface area contributed by atoms with Crippen molar-refractivity contribution in [2.45, 2.75) is 26.8 Å². The molecule has 0 aliphatic carbocycles. The standard InChI is InChI=1S/C18H21ClN4O3S/c1-3-26-18(25)22-17-21-14-6-7-23(9-15(14)27-17)10-16(24)20-12-5-4-11(2)13(19)8-12/h4-5,8H,3,6-7,9-10H2,1-2H3,(H,20,24)(H,21,22,25). The summed E-state index contributed by atoms with van der Waals surface area (Å²) < 4.78 is 4.87. The van der Waals surface area contributed by atoms with Crippen LogP contribution in [0, 0.1) is 6.92 Å². The molecule has 9 heteroatoms. The van der Waals surface area contributed by atoms with Crippen molar-refractivity contribution < 1.29 is 14.3 Å². The van der Waals surface area contributed by atoms with Crippen LogP contribution in [-0.4, -0.2) is 41.6 Å². The van der Waals surface area contributed by atoms with Crippen molar-refractivity contribution in [3.63, 3.8) is 0 Å². The first-order valence-corrected chi connectivity index (χ1v) is 9.84. The van der Waals surface area contributed by atoms with Gasteiger partial charge in [0.15, 0.2) is 5.13 Å². The molecule has 0 spiro atoms. The predicted octanol–water partition coefficient (Wildman–Crippen LogP) is 3.67. The first-order valence-electron chi connectivity index (χ1n) is 8.65. The van der Waals surface area contributed by atoms with Crippen LogP contribution in [0.5, 0.6) is 0 Å². The molecular weight excluding hydrogens is 388 g/mol. The zero-order valence-electron chi connectivity index (χ0n) is 15.2. The van der Waals surface area contributed by atoms with Crippen molar-refractivity contribution in [1.29, 1.82) is 0 Å². The summed E-state index contributed by atoms with van der Waals surface area (Å²) in [4.78, 5) is 31.4. The van der Waals surface area contributed by atoms with Crippen LogP contribution < -0.4 is 10.6 Å². The Balaban J connectivity index is 1.56. The number of nitrogens with one attached hydrogen (secondary N) is 2. The summed E-state index contributed by atoms with van der Waals surface area (Å²) in [5, 5.41) is 6.66. The normalized spacial score (nSPS) is 13.7. The maximum absolute atomic E-state index is 12.3. The smallest absolute Gasteiger partial charge is 0.413 e. The number of hydrogen-bond donors (Lipinski definition) is 2. The Hall–Kier alpha value is -2.16. The number of aromatic nitrogens is 1. The number of halogens is 1. The first-order chi connectivity index (χ1) is 12.9. The fraction of sp³-hybridized carbons (Fsp3) is 0.389. The third-order valence-corrected chi connectivity index (χ3v) is 5.52. The van der Waals surface area contributed by atoms with Gasteiger partial charge in [0.2, 0.25) is 5.91 Å². The Morgan fingerprint density at radius 2 is 2.19 bits per heavy atom. The van der Waals surface area contributed by atoms with Crippen molar-refractivity contribution in [1.82, 2.24) is 9.88 Å².